The molecule has 0 saturated carbocycles. The molecule has 2 heterocycles. The Morgan fingerprint density at radius 3 is 2.52 bits per heavy atom. The van der Waals surface area contributed by atoms with E-state index < -0.39 is 0 Å². The van der Waals surface area contributed by atoms with Crippen molar-refractivity contribution in [3.8, 4) is 0 Å². The van der Waals surface area contributed by atoms with E-state index in [4.69, 9.17) is 0 Å². The lowest BCUT2D eigenvalue weighted by Crippen LogP contribution is -3.00. The van der Waals surface area contributed by atoms with E-state index in [9.17, 15) is 0 Å². The van der Waals surface area contributed by atoms with Crippen LogP contribution in [0.15, 0.2) is 18.5 Å². The summed E-state index contributed by atoms with van der Waals surface area (Å²) in [4.78, 5) is 2.59. The first-order valence-corrected chi connectivity index (χ1v) is 10.5. The molecular weight excluding hydrogens is 419 g/mol. The lowest BCUT2D eigenvalue weighted by Gasteiger charge is -2.30. The Labute approximate surface area is 172 Å². The molecule has 1 aromatic heterocycles. The minimum Gasteiger partial charge on any atom is -1.00 e. The number of fused-ring (bicyclic) bond motifs is 3. The van der Waals surface area contributed by atoms with Gasteiger partial charge in [0.15, 0.2) is 12.4 Å². The molecule has 2 aliphatic rings. The number of aromatic nitrogens is 1. The van der Waals surface area contributed by atoms with E-state index in [-0.39, 0.29) is 24.0 Å². The summed E-state index contributed by atoms with van der Waals surface area (Å²) >= 11 is 0. The summed E-state index contributed by atoms with van der Waals surface area (Å²) < 4.78 is 2.46. The third-order valence-corrected chi connectivity index (χ3v) is 6.29. The molecule has 0 spiro atoms. The molecule has 2 unspecified atom stereocenters. The fraction of sp³-hybridized carbons (Fsp3) is 0.773. The summed E-state index contributed by atoms with van der Waals surface area (Å²) in [7, 11) is 2.32. The highest BCUT2D eigenvalue weighted by atomic mass is 127. The van der Waals surface area contributed by atoms with Crippen LogP contribution in [-0.2, 0) is 13.0 Å². The number of likely N-dealkylation sites (tertiary alicyclic amines) is 1. The second kappa shape index (κ2) is 10.9. The highest BCUT2D eigenvalue weighted by molar-refractivity contribution is 5.29. The van der Waals surface area contributed by atoms with E-state index in [2.05, 4.69) is 41.9 Å². The summed E-state index contributed by atoms with van der Waals surface area (Å²) in [6.45, 7) is 4.77. The molecule has 1 aliphatic carbocycles. The Morgan fingerprint density at radius 2 is 1.76 bits per heavy atom. The van der Waals surface area contributed by atoms with Crippen molar-refractivity contribution < 1.29 is 28.5 Å². The van der Waals surface area contributed by atoms with Gasteiger partial charge in [0.25, 0.3) is 0 Å². The second-order valence-corrected chi connectivity index (χ2v) is 8.15. The average Bonchev–Trinajstić information content (AvgIpc) is 2.99. The van der Waals surface area contributed by atoms with Crippen LogP contribution >= 0.6 is 0 Å². The minimum atomic E-state index is 0. The van der Waals surface area contributed by atoms with Gasteiger partial charge in [0.05, 0.1) is 0 Å². The molecule has 2 nitrogen and oxygen atoms in total. The van der Waals surface area contributed by atoms with Gasteiger partial charge in [-0.05, 0) is 50.8 Å². The van der Waals surface area contributed by atoms with E-state index in [1.54, 1.807) is 11.1 Å². The molecule has 1 aliphatic heterocycles. The summed E-state index contributed by atoms with van der Waals surface area (Å²) in [6, 6.07) is 3.10. The molecule has 0 aromatic carbocycles. The van der Waals surface area contributed by atoms with Gasteiger partial charge >= 0.3 is 0 Å². The number of pyridine rings is 1. The summed E-state index contributed by atoms with van der Waals surface area (Å²) in [6.07, 6.45) is 20.1. The van der Waals surface area contributed by atoms with Crippen molar-refractivity contribution >= 4 is 0 Å². The first-order valence-electron chi connectivity index (χ1n) is 10.5. The molecule has 0 amide bonds. The number of unbranched alkanes of at least 4 members (excludes halogenated alkanes) is 7. The number of halogens is 1. The lowest BCUT2D eigenvalue weighted by atomic mass is 9.81. The highest BCUT2D eigenvalue weighted by Crippen LogP contribution is 2.43. The van der Waals surface area contributed by atoms with Gasteiger partial charge in [-0.15, -0.1) is 0 Å². The number of rotatable bonds is 9. The van der Waals surface area contributed by atoms with Crippen molar-refractivity contribution in [3.63, 3.8) is 0 Å². The number of hydrogen-bond acceptors (Lipinski definition) is 1. The monoisotopic (exact) mass is 456 g/mol. The molecule has 3 rings (SSSR count). The van der Waals surface area contributed by atoms with Crippen LogP contribution < -0.4 is 28.5 Å². The minimum absolute atomic E-state index is 0. The quantitative estimate of drug-likeness (QED) is 0.314. The van der Waals surface area contributed by atoms with Crippen LogP contribution in [0.2, 0.25) is 0 Å². The number of nitrogens with zero attached hydrogens (tertiary/aromatic N) is 2. The molecule has 25 heavy (non-hydrogen) atoms. The Balaban J connectivity index is 0.00000225. The zero-order valence-electron chi connectivity index (χ0n) is 16.4. The van der Waals surface area contributed by atoms with Crippen LogP contribution in [0.3, 0.4) is 0 Å². The van der Waals surface area contributed by atoms with Gasteiger partial charge in [0, 0.05) is 24.1 Å². The molecule has 1 aromatic rings. The third-order valence-electron chi connectivity index (χ3n) is 6.29. The SMILES string of the molecule is CCCCCCCCCC[n+]1ccc2c(c1)C1C(CC2)CCN1C.[I-]. The van der Waals surface area contributed by atoms with Crippen LogP contribution in [0.1, 0.15) is 88.3 Å². The summed E-state index contributed by atoms with van der Waals surface area (Å²) in [5.41, 5.74) is 3.24. The van der Waals surface area contributed by atoms with Crippen molar-refractivity contribution in [2.75, 3.05) is 13.6 Å². The van der Waals surface area contributed by atoms with E-state index in [0.717, 1.165) is 5.92 Å². The Kier molecular flexibility index (Phi) is 9.18. The molecule has 1 fully saturated rings. The molecule has 0 bridgehead atoms. The van der Waals surface area contributed by atoms with Crippen LogP contribution in [0, 0.1) is 5.92 Å². The van der Waals surface area contributed by atoms with Gasteiger partial charge in [-0.25, -0.2) is 4.57 Å². The Morgan fingerprint density at radius 1 is 1.04 bits per heavy atom. The maximum absolute atomic E-state index is 2.59. The first kappa shape index (κ1) is 21.1. The van der Waals surface area contributed by atoms with E-state index in [1.807, 2.05) is 0 Å². The normalized spacial score (nSPS) is 22.3. The van der Waals surface area contributed by atoms with Gasteiger partial charge in [-0.1, -0.05) is 45.4 Å². The van der Waals surface area contributed by atoms with E-state index in [0.29, 0.717) is 6.04 Å². The van der Waals surface area contributed by atoms with Crippen LogP contribution in [0.25, 0.3) is 0 Å². The van der Waals surface area contributed by atoms with Crippen molar-refractivity contribution in [3.05, 3.63) is 29.6 Å². The summed E-state index contributed by atoms with van der Waals surface area (Å²) in [5.74, 6) is 0.904. The molecule has 0 radical (unpaired) electrons. The lowest BCUT2D eigenvalue weighted by molar-refractivity contribution is -0.698. The van der Waals surface area contributed by atoms with Gasteiger partial charge in [0.2, 0.25) is 0 Å². The van der Waals surface area contributed by atoms with Crippen molar-refractivity contribution in [1.82, 2.24) is 4.90 Å². The fourth-order valence-electron chi connectivity index (χ4n) is 4.81. The zero-order valence-corrected chi connectivity index (χ0v) is 18.5. The fourth-order valence-corrected chi connectivity index (χ4v) is 4.81. The maximum atomic E-state index is 2.59. The number of aryl methyl sites for hydroxylation is 2. The molecule has 1 saturated heterocycles. The maximum Gasteiger partial charge on any atom is 0.173 e. The molecule has 142 valence electrons. The Bertz CT molecular complexity index is 517. The van der Waals surface area contributed by atoms with E-state index in [1.165, 1.54) is 83.7 Å². The van der Waals surface area contributed by atoms with Crippen molar-refractivity contribution in [1.29, 1.82) is 0 Å². The summed E-state index contributed by atoms with van der Waals surface area (Å²) in [5, 5.41) is 0. The predicted octanol–water partition coefficient (Wildman–Crippen LogP) is 2.06. The van der Waals surface area contributed by atoms with Gasteiger partial charge < -0.3 is 24.0 Å². The third kappa shape index (κ3) is 5.66. The van der Waals surface area contributed by atoms with Crippen LogP contribution in [0.4, 0.5) is 0 Å². The topological polar surface area (TPSA) is 7.12 Å². The Hall–Kier alpha value is -0.160. The average molecular weight is 456 g/mol. The largest absolute Gasteiger partial charge is 1.00 e. The smallest absolute Gasteiger partial charge is 0.173 e. The predicted molar refractivity (Wildman–Crippen MR) is 101 cm³/mol. The van der Waals surface area contributed by atoms with Crippen LogP contribution in [-0.4, -0.2) is 18.5 Å². The molecule has 2 atom stereocenters. The zero-order chi connectivity index (χ0) is 16.8. The van der Waals surface area contributed by atoms with E-state index >= 15 is 0 Å². The molecular formula is C22H37IN2. The van der Waals surface area contributed by atoms with Gasteiger partial charge in [0.1, 0.15) is 6.54 Å². The molecule has 0 N–H and O–H groups in total. The highest BCUT2D eigenvalue weighted by Gasteiger charge is 2.38. The standard InChI is InChI=1S/C22H37N2.HI/c1-3-4-5-6-7-8-9-10-15-24-17-14-19-11-12-20-13-16-23(2)22(20)21(19)18-24;/h14,17-18,20,22H,3-13,15-16H2,1-2H3;1H/q+1;/p-1. The first-order chi connectivity index (χ1) is 11.8. The second-order valence-electron chi connectivity index (χ2n) is 8.15. The van der Waals surface area contributed by atoms with Crippen LogP contribution in [0.5, 0.6) is 0 Å². The van der Waals surface area contributed by atoms with Crippen molar-refractivity contribution in [2.24, 2.45) is 5.92 Å². The van der Waals surface area contributed by atoms with Gasteiger partial charge in [-0.2, -0.15) is 0 Å². The van der Waals surface area contributed by atoms with Crippen molar-refractivity contribution in [2.45, 2.75) is 90.1 Å². The molecule has 3 heteroatoms. The number of hydrogen-bond donors (Lipinski definition) is 0. The van der Waals surface area contributed by atoms with Gasteiger partial charge in [-0.3, -0.25) is 4.90 Å².